The molecule has 0 fully saturated rings. The molecule has 0 aliphatic rings. The van der Waals surface area contributed by atoms with E-state index in [1.807, 2.05) is 91.9 Å². The highest BCUT2D eigenvalue weighted by Crippen LogP contribution is 2.32. The van der Waals surface area contributed by atoms with E-state index < -0.39 is 0 Å². The monoisotopic (exact) mass is 338 g/mol. The van der Waals surface area contributed by atoms with Crippen molar-refractivity contribution in [1.82, 2.24) is 4.98 Å². The Morgan fingerprint density at radius 2 is 1.54 bits per heavy atom. The minimum Gasteiger partial charge on any atom is -0.275 e. The molecule has 0 aliphatic heterocycles. The Hall–Kier alpha value is -3.46. The van der Waals surface area contributed by atoms with E-state index in [1.165, 1.54) is 0 Å². The number of pyridine rings is 1. The number of amides is 1. The molecular weight excluding hydrogens is 320 g/mol. The Morgan fingerprint density at radius 1 is 0.808 bits per heavy atom. The molecule has 0 radical (unpaired) electrons. The summed E-state index contributed by atoms with van der Waals surface area (Å²) in [6.07, 6.45) is 1.76. The predicted octanol–water partition coefficient (Wildman–Crippen LogP) is 5.52. The van der Waals surface area contributed by atoms with E-state index in [9.17, 15) is 4.79 Å². The number of aromatic nitrogens is 1. The van der Waals surface area contributed by atoms with Crippen LogP contribution in [0.4, 0.5) is 11.4 Å². The molecule has 3 nitrogen and oxygen atoms in total. The molecule has 0 saturated carbocycles. The molecule has 0 atom stereocenters. The van der Waals surface area contributed by atoms with Gasteiger partial charge in [-0.05, 0) is 43.3 Å². The van der Waals surface area contributed by atoms with E-state index >= 15 is 0 Å². The summed E-state index contributed by atoms with van der Waals surface area (Å²) in [5, 5.41) is 1.00. The molecular formula is C23H18N2O. The summed E-state index contributed by atoms with van der Waals surface area (Å²) in [6, 6.07) is 27.1. The third kappa shape index (κ3) is 2.95. The number of carbonyl (C=O) groups excluding carboxylic acids is 1. The Morgan fingerprint density at radius 3 is 2.31 bits per heavy atom. The van der Waals surface area contributed by atoms with Gasteiger partial charge >= 0.3 is 0 Å². The maximum atomic E-state index is 13.4. The predicted molar refractivity (Wildman–Crippen MR) is 106 cm³/mol. The molecule has 4 aromatic rings. The van der Waals surface area contributed by atoms with E-state index in [-0.39, 0.29) is 5.91 Å². The van der Waals surface area contributed by atoms with E-state index in [0.29, 0.717) is 5.56 Å². The highest BCUT2D eigenvalue weighted by molar-refractivity contribution is 6.14. The van der Waals surface area contributed by atoms with Gasteiger partial charge in [-0.3, -0.25) is 14.7 Å². The van der Waals surface area contributed by atoms with Crippen molar-refractivity contribution in [3.05, 3.63) is 102 Å². The topological polar surface area (TPSA) is 33.2 Å². The number of hydrogen-bond acceptors (Lipinski definition) is 2. The first kappa shape index (κ1) is 16.0. The molecule has 0 unspecified atom stereocenters. The van der Waals surface area contributed by atoms with Gasteiger partial charge in [0, 0.05) is 22.8 Å². The van der Waals surface area contributed by atoms with Gasteiger partial charge in [-0.1, -0.05) is 54.1 Å². The summed E-state index contributed by atoms with van der Waals surface area (Å²) >= 11 is 0. The molecule has 1 amide bonds. The molecule has 0 bridgehead atoms. The van der Waals surface area contributed by atoms with Crippen molar-refractivity contribution in [1.29, 1.82) is 0 Å². The number of aryl methyl sites for hydroxylation is 1. The summed E-state index contributed by atoms with van der Waals surface area (Å²) < 4.78 is 0. The number of hydrogen-bond donors (Lipinski definition) is 0. The van der Waals surface area contributed by atoms with Crippen molar-refractivity contribution in [2.75, 3.05) is 4.90 Å². The molecule has 26 heavy (non-hydrogen) atoms. The molecule has 1 aromatic heterocycles. The number of para-hydroxylation sites is 1. The quantitative estimate of drug-likeness (QED) is 0.492. The molecule has 3 heteroatoms. The second kappa shape index (κ2) is 6.81. The molecule has 0 aliphatic carbocycles. The van der Waals surface area contributed by atoms with Crippen LogP contribution in [0.25, 0.3) is 10.9 Å². The summed E-state index contributed by atoms with van der Waals surface area (Å²) in [4.78, 5) is 19.6. The molecule has 0 saturated heterocycles. The second-order valence-corrected chi connectivity index (χ2v) is 6.19. The van der Waals surface area contributed by atoms with Gasteiger partial charge in [-0.15, -0.1) is 0 Å². The average Bonchev–Trinajstić information content (AvgIpc) is 2.70. The van der Waals surface area contributed by atoms with Crippen LogP contribution in [0.3, 0.4) is 0 Å². The van der Waals surface area contributed by atoms with Gasteiger partial charge < -0.3 is 0 Å². The van der Waals surface area contributed by atoms with Gasteiger partial charge in [0.1, 0.15) is 0 Å². The Balaban J connectivity index is 1.93. The van der Waals surface area contributed by atoms with Crippen LogP contribution in [0.15, 0.2) is 91.1 Å². The van der Waals surface area contributed by atoms with Crippen molar-refractivity contribution in [2.45, 2.75) is 6.92 Å². The molecule has 0 N–H and O–H groups in total. The normalized spacial score (nSPS) is 10.7. The first-order valence-corrected chi connectivity index (χ1v) is 8.54. The lowest BCUT2D eigenvalue weighted by Crippen LogP contribution is -2.26. The number of carbonyl (C=O) groups is 1. The number of anilines is 2. The highest BCUT2D eigenvalue weighted by atomic mass is 16.2. The van der Waals surface area contributed by atoms with Crippen molar-refractivity contribution < 1.29 is 4.79 Å². The Kier molecular flexibility index (Phi) is 4.20. The van der Waals surface area contributed by atoms with E-state index in [1.54, 1.807) is 11.1 Å². The average molecular weight is 338 g/mol. The lowest BCUT2D eigenvalue weighted by Gasteiger charge is -2.24. The summed E-state index contributed by atoms with van der Waals surface area (Å²) in [7, 11) is 0. The summed E-state index contributed by atoms with van der Waals surface area (Å²) in [5.41, 5.74) is 4.20. The maximum absolute atomic E-state index is 13.4. The van der Waals surface area contributed by atoms with Gasteiger partial charge in [0.05, 0.1) is 11.2 Å². The van der Waals surface area contributed by atoms with E-state index in [4.69, 9.17) is 0 Å². The van der Waals surface area contributed by atoms with E-state index in [0.717, 1.165) is 27.8 Å². The van der Waals surface area contributed by atoms with E-state index in [2.05, 4.69) is 4.98 Å². The summed E-state index contributed by atoms with van der Waals surface area (Å²) in [5.74, 6) is -0.0763. The van der Waals surface area contributed by atoms with Crippen molar-refractivity contribution in [2.24, 2.45) is 0 Å². The zero-order valence-corrected chi connectivity index (χ0v) is 14.5. The van der Waals surface area contributed by atoms with Gasteiger partial charge in [0.15, 0.2) is 0 Å². The van der Waals surface area contributed by atoms with Gasteiger partial charge in [-0.25, -0.2) is 0 Å². The largest absolute Gasteiger partial charge is 0.275 e. The molecule has 1 heterocycles. The maximum Gasteiger partial charge on any atom is 0.262 e. The van der Waals surface area contributed by atoms with Gasteiger partial charge in [0.2, 0.25) is 0 Å². The second-order valence-electron chi connectivity index (χ2n) is 6.19. The molecule has 0 spiro atoms. The summed E-state index contributed by atoms with van der Waals surface area (Å²) in [6.45, 7) is 2.03. The lowest BCUT2D eigenvalue weighted by atomic mass is 10.1. The van der Waals surface area contributed by atoms with Crippen LogP contribution >= 0.6 is 0 Å². The van der Waals surface area contributed by atoms with Crippen LogP contribution in [-0.2, 0) is 0 Å². The SMILES string of the molecule is Cc1ccc(N(C(=O)c2ccccc2)c2cccc3cccnc23)cc1. The number of benzene rings is 3. The van der Waals surface area contributed by atoms with Crippen molar-refractivity contribution >= 4 is 28.2 Å². The number of rotatable bonds is 3. The number of nitrogens with zero attached hydrogens (tertiary/aromatic N) is 2. The fourth-order valence-electron chi connectivity index (χ4n) is 3.04. The first-order valence-electron chi connectivity index (χ1n) is 8.54. The first-order chi connectivity index (χ1) is 12.7. The van der Waals surface area contributed by atoms with Crippen molar-refractivity contribution in [3.63, 3.8) is 0 Å². The third-order valence-electron chi connectivity index (χ3n) is 4.37. The number of fused-ring (bicyclic) bond motifs is 1. The zero-order chi connectivity index (χ0) is 17.9. The standard InChI is InChI=1S/C23H18N2O/c1-17-12-14-20(15-13-17)25(23(26)19-7-3-2-4-8-19)21-11-5-9-18-10-6-16-24-22(18)21/h2-16H,1H3. The fraction of sp³-hybridized carbons (Fsp3) is 0.0435. The van der Waals surface area contributed by atoms with Crippen LogP contribution in [0.1, 0.15) is 15.9 Å². The molecule has 126 valence electrons. The molecule has 3 aromatic carbocycles. The lowest BCUT2D eigenvalue weighted by molar-refractivity contribution is 0.0999. The zero-order valence-electron chi connectivity index (χ0n) is 14.5. The Bertz CT molecular complexity index is 1050. The van der Waals surface area contributed by atoms with Crippen LogP contribution in [-0.4, -0.2) is 10.9 Å². The Labute approximate surface area is 152 Å². The van der Waals surface area contributed by atoms with Gasteiger partial charge in [0.25, 0.3) is 5.91 Å². The molecule has 4 rings (SSSR count). The van der Waals surface area contributed by atoms with Crippen LogP contribution in [0.5, 0.6) is 0 Å². The fourth-order valence-corrected chi connectivity index (χ4v) is 3.04. The van der Waals surface area contributed by atoms with Crippen molar-refractivity contribution in [3.8, 4) is 0 Å². The minimum absolute atomic E-state index is 0.0763. The van der Waals surface area contributed by atoms with Crippen LogP contribution < -0.4 is 4.90 Å². The smallest absolute Gasteiger partial charge is 0.262 e. The third-order valence-corrected chi connectivity index (χ3v) is 4.37. The highest BCUT2D eigenvalue weighted by Gasteiger charge is 2.22. The van der Waals surface area contributed by atoms with Gasteiger partial charge in [-0.2, -0.15) is 0 Å². The van der Waals surface area contributed by atoms with Crippen LogP contribution in [0.2, 0.25) is 0 Å². The van der Waals surface area contributed by atoms with Crippen LogP contribution in [0, 0.1) is 6.92 Å². The minimum atomic E-state index is -0.0763.